The Bertz CT molecular complexity index is 653. The predicted octanol–water partition coefficient (Wildman–Crippen LogP) is 1.06. The molecule has 0 saturated carbocycles. The van der Waals surface area contributed by atoms with Gasteiger partial charge in [-0.2, -0.15) is 5.10 Å². The minimum atomic E-state index is -0.726. The zero-order valence-electron chi connectivity index (χ0n) is 9.56. The van der Waals surface area contributed by atoms with Gasteiger partial charge >= 0.3 is 0 Å². The molecule has 18 heavy (non-hydrogen) atoms. The molecule has 0 unspecified atom stereocenters. The van der Waals surface area contributed by atoms with Crippen LogP contribution < -0.4 is 11.5 Å². The molecule has 5 nitrogen and oxygen atoms in total. The van der Waals surface area contributed by atoms with E-state index in [0.717, 1.165) is 6.21 Å². The number of nitrogens with zero attached hydrogens (tertiary/aromatic N) is 3. The molecular weight excluding hydrogens is 240 g/mol. The van der Waals surface area contributed by atoms with Crippen molar-refractivity contribution in [1.29, 1.82) is 0 Å². The summed E-state index contributed by atoms with van der Waals surface area (Å²) in [5.74, 6) is -1.70. The average molecular weight is 251 g/mol. The van der Waals surface area contributed by atoms with Crippen LogP contribution >= 0.6 is 0 Å². The molecule has 4 N–H and O–H groups in total. The molecule has 0 amide bonds. The van der Waals surface area contributed by atoms with Crippen molar-refractivity contribution in [3.8, 4) is 0 Å². The van der Waals surface area contributed by atoms with Crippen LogP contribution in [0.1, 0.15) is 5.56 Å². The van der Waals surface area contributed by atoms with E-state index in [9.17, 15) is 8.78 Å². The number of hydrogen-bond acceptors (Lipinski definition) is 2. The summed E-state index contributed by atoms with van der Waals surface area (Å²) < 4.78 is 29.3. The van der Waals surface area contributed by atoms with Crippen molar-refractivity contribution in [2.75, 3.05) is 0 Å². The summed E-state index contributed by atoms with van der Waals surface area (Å²) in [7, 11) is 1.70. The lowest BCUT2D eigenvalue weighted by Gasteiger charge is -2.02. The Kier molecular flexibility index (Phi) is 2.97. The van der Waals surface area contributed by atoms with Gasteiger partial charge in [0.2, 0.25) is 5.96 Å². The topological polar surface area (TPSA) is 81.7 Å². The fraction of sp³-hybridized carbons (Fsp3) is 0.0909. The maximum Gasteiger partial charge on any atom is 0.211 e. The monoisotopic (exact) mass is 251 g/mol. The second-order valence-corrected chi connectivity index (χ2v) is 3.71. The van der Waals surface area contributed by atoms with Gasteiger partial charge in [0.1, 0.15) is 11.6 Å². The molecule has 0 aliphatic heterocycles. The maximum absolute atomic E-state index is 14.0. The van der Waals surface area contributed by atoms with Crippen LogP contribution in [0.5, 0.6) is 0 Å². The lowest BCUT2D eigenvalue weighted by Crippen LogP contribution is -2.21. The number of guanidine groups is 1. The van der Waals surface area contributed by atoms with E-state index in [1.165, 1.54) is 6.07 Å². The van der Waals surface area contributed by atoms with Gasteiger partial charge in [-0.25, -0.2) is 8.78 Å². The molecule has 2 aromatic rings. The lowest BCUT2D eigenvalue weighted by molar-refractivity contribution is 0.588. The summed E-state index contributed by atoms with van der Waals surface area (Å²) >= 11 is 0. The van der Waals surface area contributed by atoms with Gasteiger partial charge < -0.3 is 16.0 Å². The Morgan fingerprint density at radius 3 is 2.78 bits per heavy atom. The normalized spacial score (nSPS) is 11.3. The van der Waals surface area contributed by atoms with Gasteiger partial charge in [0.25, 0.3) is 0 Å². The van der Waals surface area contributed by atoms with E-state index < -0.39 is 11.6 Å². The quantitative estimate of drug-likeness (QED) is 0.475. The predicted molar refractivity (Wildman–Crippen MR) is 66.2 cm³/mol. The zero-order valence-corrected chi connectivity index (χ0v) is 9.56. The van der Waals surface area contributed by atoms with E-state index in [-0.39, 0.29) is 11.5 Å². The smallest absolute Gasteiger partial charge is 0.211 e. The first-order chi connectivity index (χ1) is 8.50. The van der Waals surface area contributed by atoms with Crippen molar-refractivity contribution < 1.29 is 8.78 Å². The Morgan fingerprint density at radius 2 is 2.11 bits per heavy atom. The molecule has 94 valence electrons. The van der Waals surface area contributed by atoms with Crippen LogP contribution in [-0.2, 0) is 7.05 Å². The highest BCUT2D eigenvalue weighted by atomic mass is 19.1. The van der Waals surface area contributed by atoms with Crippen LogP contribution in [-0.4, -0.2) is 16.7 Å². The van der Waals surface area contributed by atoms with Gasteiger partial charge in [-0.1, -0.05) is 0 Å². The fourth-order valence-corrected chi connectivity index (χ4v) is 1.63. The molecule has 7 heteroatoms. The summed E-state index contributed by atoms with van der Waals surface area (Å²) in [4.78, 5) is 0. The van der Waals surface area contributed by atoms with Gasteiger partial charge in [0.05, 0.1) is 17.3 Å². The summed E-state index contributed by atoms with van der Waals surface area (Å²) in [6.07, 6.45) is 2.58. The number of nitrogens with two attached hydrogens (primary N) is 2. The second-order valence-electron chi connectivity index (χ2n) is 3.71. The largest absolute Gasteiger partial charge is 0.369 e. The average Bonchev–Trinajstić information content (AvgIpc) is 2.65. The number of halogens is 2. The van der Waals surface area contributed by atoms with Crippen LogP contribution in [0.15, 0.2) is 28.5 Å². The molecule has 1 aromatic carbocycles. The fourth-order valence-electron chi connectivity index (χ4n) is 1.63. The van der Waals surface area contributed by atoms with Crippen molar-refractivity contribution in [3.63, 3.8) is 0 Å². The van der Waals surface area contributed by atoms with E-state index in [4.69, 9.17) is 11.5 Å². The van der Waals surface area contributed by atoms with Gasteiger partial charge in [0.15, 0.2) is 0 Å². The summed E-state index contributed by atoms with van der Waals surface area (Å²) in [6.45, 7) is 0. The third-order valence-corrected chi connectivity index (χ3v) is 2.47. The Labute approximate surface area is 101 Å². The van der Waals surface area contributed by atoms with Gasteiger partial charge in [-0.15, -0.1) is 5.10 Å². The SMILES string of the molecule is Cn1ccc2c(F)c(C=NN=C(N)N)c(F)cc21. The summed E-state index contributed by atoms with van der Waals surface area (Å²) in [5, 5.41) is 7.00. The second kappa shape index (κ2) is 4.44. The third-order valence-electron chi connectivity index (χ3n) is 2.47. The standard InChI is InChI=1S/C11H11F2N5/c1-18-3-2-6-9(18)4-8(12)7(10(6)13)5-16-17-11(14)15/h2-5H,1H3,(H4,14,15,17). The molecule has 0 aliphatic rings. The molecular formula is C11H11F2N5. The van der Waals surface area contributed by atoms with Crippen molar-refractivity contribution >= 4 is 23.1 Å². The molecule has 0 spiro atoms. The minimum Gasteiger partial charge on any atom is -0.369 e. The van der Waals surface area contributed by atoms with E-state index in [1.54, 1.807) is 23.9 Å². The van der Waals surface area contributed by atoms with Crippen molar-refractivity contribution in [1.82, 2.24) is 4.57 Å². The van der Waals surface area contributed by atoms with Crippen LogP contribution in [0.4, 0.5) is 8.78 Å². The molecule has 0 fully saturated rings. The highest BCUT2D eigenvalue weighted by Crippen LogP contribution is 2.23. The first-order valence-electron chi connectivity index (χ1n) is 5.05. The maximum atomic E-state index is 14.0. The molecule has 2 rings (SSSR count). The van der Waals surface area contributed by atoms with E-state index in [2.05, 4.69) is 10.2 Å². The molecule has 0 saturated heterocycles. The number of hydrogen-bond donors (Lipinski definition) is 2. The Balaban J connectivity index is 2.58. The van der Waals surface area contributed by atoms with E-state index >= 15 is 0 Å². The van der Waals surface area contributed by atoms with Crippen LogP contribution in [0.25, 0.3) is 10.9 Å². The van der Waals surface area contributed by atoms with E-state index in [1.807, 2.05) is 0 Å². The number of rotatable bonds is 2. The highest BCUT2D eigenvalue weighted by Gasteiger charge is 2.13. The first-order valence-corrected chi connectivity index (χ1v) is 5.05. The first kappa shape index (κ1) is 12.0. The Hall–Kier alpha value is -2.44. The summed E-state index contributed by atoms with van der Waals surface area (Å²) in [5.41, 5.74) is 10.3. The molecule has 0 bridgehead atoms. The van der Waals surface area contributed by atoms with Gasteiger partial charge in [0, 0.05) is 18.6 Å². The van der Waals surface area contributed by atoms with E-state index in [0.29, 0.717) is 10.9 Å². The molecule has 0 aliphatic carbocycles. The summed E-state index contributed by atoms with van der Waals surface area (Å²) in [6, 6.07) is 2.79. The minimum absolute atomic E-state index is 0.279. The number of aryl methyl sites for hydroxylation is 1. The molecule has 0 radical (unpaired) electrons. The lowest BCUT2D eigenvalue weighted by atomic mass is 10.1. The van der Waals surface area contributed by atoms with Crippen molar-refractivity contribution in [3.05, 3.63) is 35.5 Å². The molecule has 1 heterocycles. The van der Waals surface area contributed by atoms with Crippen LogP contribution in [0, 0.1) is 11.6 Å². The molecule has 1 aromatic heterocycles. The Morgan fingerprint density at radius 1 is 1.39 bits per heavy atom. The third kappa shape index (κ3) is 2.02. The van der Waals surface area contributed by atoms with Crippen molar-refractivity contribution in [2.45, 2.75) is 0 Å². The highest BCUT2D eigenvalue weighted by molar-refractivity contribution is 5.90. The van der Waals surface area contributed by atoms with Gasteiger partial charge in [-0.3, -0.25) is 0 Å². The van der Waals surface area contributed by atoms with Gasteiger partial charge in [-0.05, 0) is 12.1 Å². The van der Waals surface area contributed by atoms with Crippen molar-refractivity contribution in [2.24, 2.45) is 28.7 Å². The van der Waals surface area contributed by atoms with Crippen LogP contribution in [0.2, 0.25) is 0 Å². The zero-order chi connectivity index (χ0) is 13.3. The molecule has 0 atom stereocenters. The number of fused-ring (bicyclic) bond motifs is 1. The van der Waals surface area contributed by atoms with Crippen LogP contribution in [0.3, 0.4) is 0 Å². The number of aromatic nitrogens is 1. The number of benzene rings is 1.